The number of hydrogen-bond donors (Lipinski definition) is 3. The van der Waals surface area contributed by atoms with Crippen LogP contribution < -0.4 is 16.6 Å². The largest absolute Gasteiger partial charge is 0.385 e. The number of nitrogens with zero attached hydrogens (tertiary/aromatic N) is 3. The first-order valence-corrected chi connectivity index (χ1v) is 5.36. The molecule has 0 saturated carbocycles. The Balaban J connectivity index is 2.17. The van der Waals surface area contributed by atoms with Gasteiger partial charge >= 0.3 is 0 Å². The van der Waals surface area contributed by atoms with Crippen molar-refractivity contribution in [2.24, 2.45) is 10.8 Å². The third-order valence-electron chi connectivity index (χ3n) is 1.96. The molecule has 0 spiro atoms. The molecular weight excluding hydrogens is 224 g/mol. The standard InChI is InChI=1S/C9H18N6O2/c1-16-6-2-4-11-9(14-10)12-5-3-8-13-7-17-15-8/h7H,2-6,10H2,1H3,(H2,11,12,14). The number of ether oxygens (including phenoxy) is 1. The second kappa shape index (κ2) is 8.48. The fourth-order valence-electron chi connectivity index (χ4n) is 1.15. The van der Waals surface area contributed by atoms with Gasteiger partial charge in [-0.3, -0.25) is 10.4 Å². The predicted molar refractivity (Wildman–Crippen MR) is 62.1 cm³/mol. The molecule has 0 fully saturated rings. The van der Waals surface area contributed by atoms with E-state index in [2.05, 4.69) is 30.4 Å². The molecule has 4 N–H and O–H groups in total. The van der Waals surface area contributed by atoms with Crippen molar-refractivity contribution in [2.75, 3.05) is 26.8 Å². The molecule has 1 aromatic heterocycles. The molecule has 8 heteroatoms. The van der Waals surface area contributed by atoms with Gasteiger partial charge < -0.3 is 14.6 Å². The average molecular weight is 242 g/mol. The Morgan fingerprint density at radius 1 is 1.65 bits per heavy atom. The fraction of sp³-hybridized carbons (Fsp3) is 0.667. The van der Waals surface area contributed by atoms with Crippen molar-refractivity contribution >= 4 is 5.96 Å². The van der Waals surface area contributed by atoms with Gasteiger partial charge in [0.25, 0.3) is 0 Å². The summed E-state index contributed by atoms with van der Waals surface area (Å²) in [4.78, 5) is 8.12. The minimum atomic E-state index is 0.546. The number of guanidine groups is 1. The Labute approximate surface area is 99.6 Å². The van der Waals surface area contributed by atoms with Gasteiger partial charge in [-0.05, 0) is 6.42 Å². The van der Waals surface area contributed by atoms with Gasteiger partial charge in [0.2, 0.25) is 12.4 Å². The lowest BCUT2D eigenvalue weighted by molar-refractivity contribution is 0.197. The van der Waals surface area contributed by atoms with E-state index in [0.717, 1.165) is 6.42 Å². The van der Waals surface area contributed by atoms with Crippen LogP contribution in [0.25, 0.3) is 0 Å². The molecule has 1 heterocycles. The molecule has 0 saturated heterocycles. The first-order chi connectivity index (χ1) is 8.36. The van der Waals surface area contributed by atoms with Crippen LogP contribution in [0, 0.1) is 0 Å². The number of methoxy groups -OCH3 is 1. The van der Waals surface area contributed by atoms with Gasteiger partial charge in [-0.2, -0.15) is 4.98 Å². The average Bonchev–Trinajstić information content (AvgIpc) is 2.85. The minimum Gasteiger partial charge on any atom is -0.385 e. The highest BCUT2D eigenvalue weighted by atomic mass is 16.5. The van der Waals surface area contributed by atoms with Gasteiger partial charge in [-0.25, -0.2) is 5.84 Å². The summed E-state index contributed by atoms with van der Waals surface area (Å²) >= 11 is 0. The van der Waals surface area contributed by atoms with Crippen molar-refractivity contribution in [2.45, 2.75) is 12.8 Å². The number of aliphatic imine (C=N–C) groups is 1. The molecule has 0 aliphatic heterocycles. The van der Waals surface area contributed by atoms with Crippen LogP contribution in [0.3, 0.4) is 0 Å². The highest BCUT2D eigenvalue weighted by Crippen LogP contribution is 1.88. The summed E-state index contributed by atoms with van der Waals surface area (Å²) in [5.41, 5.74) is 2.49. The van der Waals surface area contributed by atoms with E-state index in [9.17, 15) is 0 Å². The van der Waals surface area contributed by atoms with E-state index >= 15 is 0 Å². The highest BCUT2D eigenvalue weighted by Gasteiger charge is 1.99. The number of rotatable bonds is 7. The number of nitrogens with two attached hydrogens (primary N) is 1. The molecule has 1 rings (SSSR count). The van der Waals surface area contributed by atoms with Gasteiger partial charge in [0, 0.05) is 33.2 Å². The molecule has 1 aromatic rings. The second-order valence-corrected chi connectivity index (χ2v) is 3.25. The zero-order valence-corrected chi connectivity index (χ0v) is 9.85. The summed E-state index contributed by atoms with van der Waals surface area (Å²) in [6.07, 6.45) is 2.81. The summed E-state index contributed by atoms with van der Waals surface area (Å²) in [6, 6.07) is 0. The van der Waals surface area contributed by atoms with Crippen molar-refractivity contribution in [3.63, 3.8) is 0 Å². The Kier molecular flexibility index (Phi) is 6.68. The lowest BCUT2D eigenvalue weighted by atomic mass is 10.4. The summed E-state index contributed by atoms with van der Waals surface area (Å²) in [5, 5.41) is 6.73. The summed E-state index contributed by atoms with van der Waals surface area (Å²) < 4.78 is 9.54. The monoisotopic (exact) mass is 242 g/mol. The van der Waals surface area contributed by atoms with E-state index in [1.807, 2.05) is 0 Å². The van der Waals surface area contributed by atoms with Gasteiger partial charge in [-0.1, -0.05) is 5.16 Å². The minimum absolute atomic E-state index is 0.546. The normalized spacial score (nSPS) is 11.5. The molecule has 0 aliphatic rings. The van der Waals surface area contributed by atoms with Crippen LogP contribution in [0.1, 0.15) is 12.2 Å². The number of nitrogens with one attached hydrogen (secondary N) is 2. The number of aromatic nitrogens is 2. The lowest BCUT2D eigenvalue weighted by Crippen LogP contribution is -2.42. The molecule has 0 bridgehead atoms. The maximum absolute atomic E-state index is 5.32. The topological polar surface area (TPSA) is 111 Å². The summed E-state index contributed by atoms with van der Waals surface area (Å²) in [5.74, 6) is 6.52. The smallest absolute Gasteiger partial charge is 0.213 e. The zero-order valence-electron chi connectivity index (χ0n) is 9.85. The van der Waals surface area contributed by atoms with E-state index in [4.69, 9.17) is 10.6 Å². The van der Waals surface area contributed by atoms with E-state index in [-0.39, 0.29) is 0 Å². The quantitative estimate of drug-likeness (QED) is 0.186. The molecule has 8 nitrogen and oxygen atoms in total. The van der Waals surface area contributed by atoms with Crippen LogP contribution in [-0.4, -0.2) is 42.9 Å². The maximum Gasteiger partial charge on any atom is 0.213 e. The van der Waals surface area contributed by atoms with Gasteiger partial charge in [0.15, 0.2) is 5.82 Å². The Hall–Kier alpha value is -1.67. The van der Waals surface area contributed by atoms with Gasteiger partial charge in [0.1, 0.15) is 0 Å². The molecule has 0 aliphatic carbocycles. The molecule has 0 radical (unpaired) electrons. The molecule has 0 amide bonds. The van der Waals surface area contributed by atoms with E-state index in [0.29, 0.717) is 37.9 Å². The number of hydrazine groups is 1. The van der Waals surface area contributed by atoms with Crippen LogP contribution in [-0.2, 0) is 11.2 Å². The Morgan fingerprint density at radius 2 is 2.53 bits per heavy atom. The van der Waals surface area contributed by atoms with Crippen molar-refractivity contribution < 1.29 is 9.26 Å². The summed E-state index contributed by atoms with van der Waals surface area (Å²) in [6.45, 7) is 1.97. The predicted octanol–water partition coefficient (Wildman–Crippen LogP) is -0.942. The fourth-order valence-corrected chi connectivity index (χ4v) is 1.15. The van der Waals surface area contributed by atoms with Crippen LogP contribution in [0.5, 0.6) is 0 Å². The third-order valence-corrected chi connectivity index (χ3v) is 1.96. The first-order valence-electron chi connectivity index (χ1n) is 5.36. The van der Waals surface area contributed by atoms with Crippen molar-refractivity contribution in [1.29, 1.82) is 0 Å². The first kappa shape index (κ1) is 13.4. The van der Waals surface area contributed by atoms with Crippen molar-refractivity contribution in [3.8, 4) is 0 Å². The zero-order chi connectivity index (χ0) is 12.3. The van der Waals surface area contributed by atoms with Crippen LogP contribution in [0.2, 0.25) is 0 Å². The van der Waals surface area contributed by atoms with Gasteiger partial charge in [-0.15, -0.1) is 0 Å². The second-order valence-electron chi connectivity index (χ2n) is 3.25. The molecule has 96 valence electrons. The molecular formula is C9H18N6O2. The Bertz CT molecular complexity index is 313. The van der Waals surface area contributed by atoms with E-state index in [1.54, 1.807) is 7.11 Å². The van der Waals surface area contributed by atoms with Crippen molar-refractivity contribution in [3.05, 3.63) is 12.2 Å². The van der Waals surface area contributed by atoms with Crippen LogP contribution in [0.15, 0.2) is 15.9 Å². The van der Waals surface area contributed by atoms with Crippen LogP contribution in [0.4, 0.5) is 0 Å². The maximum atomic E-state index is 5.32. The van der Waals surface area contributed by atoms with E-state index < -0.39 is 0 Å². The number of hydrogen-bond acceptors (Lipinski definition) is 6. The molecule has 0 unspecified atom stereocenters. The highest BCUT2D eigenvalue weighted by molar-refractivity contribution is 5.79. The lowest BCUT2D eigenvalue weighted by Gasteiger charge is -2.07. The van der Waals surface area contributed by atoms with Crippen LogP contribution >= 0.6 is 0 Å². The SMILES string of the molecule is COCCCN=C(NN)NCCc1ncon1. The van der Waals surface area contributed by atoms with Gasteiger partial charge in [0.05, 0.1) is 0 Å². The molecule has 17 heavy (non-hydrogen) atoms. The third kappa shape index (κ3) is 5.83. The van der Waals surface area contributed by atoms with E-state index in [1.165, 1.54) is 6.39 Å². The molecule has 0 atom stereocenters. The Morgan fingerprint density at radius 3 is 3.18 bits per heavy atom. The summed E-state index contributed by atoms with van der Waals surface area (Å²) in [7, 11) is 1.66. The molecule has 0 aromatic carbocycles. The van der Waals surface area contributed by atoms with Crippen molar-refractivity contribution in [1.82, 2.24) is 20.9 Å².